The zero-order valence-corrected chi connectivity index (χ0v) is 12.3. The van der Waals surface area contributed by atoms with E-state index in [2.05, 4.69) is 16.0 Å². The lowest BCUT2D eigenvalue weighted by Gasteiger charge is -2.23. The van der Waals surface area contributed by atoms with E-state index in [1.165, 1.54) is 0 Å². The van der Waals surface area contributed by atoms with E-state index in [0.29, 0.717) is 11.1 Å². The Hall–Kier alpha value is -1.59. The van der Waals surface area contributed by atoms with Crippen molar-refractivity contribution >= 4 is 24.2 Å². The van der Waals surface area contributed by atoms with Crippen LogP contribution in [0.15, 0.2) is 24.3 Å². The van der Waals surface area contributed by atoms with Gasteiger partial charge in [0.15, 0.2) is 0 Å². The van der Waals surface area contributed by atoms with Crippen molar-refractivity contribution < 1.29 is 9.59 Å². The van der Waals surface area contributed by atoms with Gasteiger partial charge in [-0.2, -0.15) is 0 Å². The predicted molar refractivity (Wildman–Crippen MR) is 80.4 cm³/mol. The Balaban J connectivity index is 0.00000200. The molecule has 0 aliphatic carbocycles. The van der Waals surface area contributed by atoms with Crippen LogP contribution in [0.4, 0.5) is 0 Å². The first-order valence-electron chi connectivity index (χ1n) is 6.54. The lowest BCUT2D eigenvalue weighted by atomic mass is 10.1. The second kappa shape index (κ2) is 7.87. The molecule has 2 amide bonds. The lowest BCUT2D eigenvalue weighted by molar-refractivity contribution is 0.0930. The Morgan fingerprint density at radius 1 is 1.25 bits per heavy atom. The maximum Gasteiger partial charge on any atom is 0.251 e. The van der Waals surface area contributed by atoms with Crippen molar-refractivity contribution in [3.05, 3.63) is 35.4 Å². The van der Waals surface area contributed by atoms with Gasteiger partial charge in [-0.05, 0) is 37.6 Å². The van der Waals surface area contributed by atoms with E-state index >= 15 is 0 Å². The summed E-state index contributed by atoms with van der Waals surface area (Å²) >= 11 is 0. The minimum atomic E-state index is -0.186. The zero-order chi connectivity index (χ0) is 13.7. The molecule has 1 aliphatic rings. The summed E-state index contributed by atoms with van der Waals surface area (Å²) in [6.45, 7) is 1.82. The predicted octanol–water partition coefficient (Wildman–Crippen LogP) is 0.950. The lowest BCUT2D eigenvalue weighted by Crippen LogP contribution is -2.45. The molecule has 1 unspecified atom stereocenters. The number of hydrogen-bond acceptors (Lipinski definition) is 3. The summed E-state index contributed by atoms with van der Waals surface area (Å²) in [5.74, 6) is -0.312. The molecular formula is C14H20ClN3O2. The summed E-state index contributed by atoms with van der Waals surface area (Å²) in [6, 6.07) is 6.92. The number of hydrogen-bond donors (Lipinski definition) is 3. The molecule has 1 atom stereocenters. The molecule has 1 aromatic carbocycles. The van der Waals surface area contributed by atoms with E-state index in [4.69, 9.17) is 0 Å². The number of piperidine rings is 1. The fourth-order valence-corrected chi connectivity index (χ4v) is 2.19. The third kappa shape index (κ3) is 4.21. The number of carbonyl (C=O) groups is 2. The van der Waals surface area contributed by atoms with Gasteiger partial charge in [0.05, 0.1) is 0 Å². The Labute approximate surface area is 124 Å². The molecule has 0 radical (unpaired) electrons. The maximum atomic E-state index is 12.1. The quantitative estimate of drug-likeness (QED) is 0.778. The van der Waals surface area contributed by atoms with E-state index in [1.54, 1.807) is 31.3 Å². The van der Waals surface area contributed by atoms with Crippen molar-refractivity contribution in [3.8, 4) is 0 Å². The molecule has 2 rings (SSSR count). The first-order chi connectivity index (χ1) is 9.20. The van der Waals surface area contributed by atoms with Crippen LogP contribution in [0.1, 0.15) is 33.6 Å². The van der Waals surface area contributed by atoms with Crippen molar-refractivity contribution in [1.29, 1.82) is 0 Å². The molecule has 0 spiro atoms. The van der Waals surface area contributed by atoms with E-state index in [9.17, 15) is 9.59 Å². The van der Waals surface area contributed by atoms with Crippen LogP contribution in [0.25, 0.3) is 0 Å². The molecule has 0 aromatic heterocycles. The Bertz CT molecular complexity index is 473. The number of carbonyl (C=O) groups excluding carboxylic acids is 2. The monoisotopic (exact) mass is 297 g/mol. The van der Waals surface area contributed by atoms with Crippen molar-refractivity contribution in [1.82, 2.24) is 16.0 Å². The Morgan fingerprint density at radius 2 is 1.95 bits per heavy atom. The Morgan fingerprint density at radius 3 is 2.55 bits per heavy atom. The number of nitrogens with one attached hydrogen (secondary N) is 3. The SMILES string of the molecule is CNC(=O)c1cccc(C(=O)NC2CCCNC2)c1.Cl. The van der Waals surface area contributed by atoms with Crippen molar-refractivity contribution in [2.75, 3.05) is 20.1 Å². The van der Waals surface area contributed by atoms with Gasteiger partial charge in [0, 0.05) is 30.8 Å². The van der Waals surface area contributed by atoms with Crippen LogP contribution in [-0.4, -0.2) is 38.0 Å². The fourth-order valence-electron chi connectivity index (χ4n) is 2.19. The standard InChI is InChI=1S/C14H19N3O2.ClH/c1-15-13(18)10-4-2-5-11(8-10)14(19)17-12-6-3-7-16-9-12;/h2,4-5,8,12,16H,3,6-7,9H2,1H3,(H,15,18)(H,17,19);1H. The second-order valence-electron chi connectivity index (χ2n) is 4.68. The molecule has 1 heterocycles. The number of rotatable bonds is 3. The molecule has 110 valence electrons. The largest absolute Gasteiger partial charge is 0.355 e. The second-order valence-corrected chi connectivity index (χ2v) is 4.68. The molecule has 1 fully saturated rings. The smallest absolute Gasteiger partial charge is 0.251 e. The minimum absolute atomic E-state index is 0. The van der Waals surface area contributed by atoms with Crippen LogP contribution in [-0.2, 0) is 0 Å². The molecule has 0 saturated carbocycles. The molecule has 20 heavy (non-hydrogen) atoms. The normalized spacial score (nSPS) is 17.8. The first-order valence-corrected chi connectivity index (χ1v) is 6.54. The summed E-state index contributed by atoms with van der Waals surface area (Å²) in [5.41, 5.74) is 1.02. The van der Waals surface area contributed by atoms with Gasteiger partial charge < -0.3 is 16.0 Å². The summed E-state index contributed by atoms with van der Waals surface area (Å²) in [6.07, 6.45) is 2.07. The van der Waals surface area contributed by atoms with Gasteiger partial charge >= 0.3 is 0 Å². The van der Waals surface area contributed by atoms with Gasteiger partial charge in [0.2, 0.25) is 0 Å². The van der Waals surface area contributed by atoms with E-state index in [1.807, 2.05) is 0 Å². The van der Waals surface area contributed by atoms with Gasteiger partial charge in [-0.15, -0.1) is 12.4 Å². The van der Waals surface area contributed by atoms with Crippen molar-refractivity contribution in [2.24, 2.45) is 0 Å². The van der Waals surface area contributed by atoms with Crippen LogP contribution >= 0.6 is 12.4 Å². The molecule has 1 aliphatic heterocycles. The average molecular weight is 298 g/mol. The summed E-state index contributed by atoms with van der Waals surface area (Å²) in [5, 5.41) is 8.79. The van der Waals surface area contributed by atoms with Crippen molar-refractivity contribution in [2.45, 2.75) is 18.9 Å². The molecule has 1 saturated heterocycles. The minimum Gasteiger partial charge on any atom is -0.355 e. The topological polar surface area (TPSA) is 70.2 Å². The Kier molecular flexibility index (Phi) is 6.48. The highest BCUT2D eigenvalue weighted by Gasteiger charge is 2.16. The number of amides is 2. The summed E-state index contributed by atoms with van der Waals surface area (Å²) in [7, 11) is 1.57. The molecule has 0 bridgehead atoms. The van der Waals surface area contributed by atoms with Gasteiger partial charge in [0.1, 0.15) is 0 Å². The molecule has 6 heteroatoms. The van der Waals surface area contributed by atoms with Gasteiger partial charge in [-0.25, -0.2) is 0 Å². The van der Waals surface area contributed by atoms with Crippen LogP contribution in [0, 0.1) is 0 Å². The van der Waals surface area contributed by atoms with Gasteiger partial charge in [0.25, 0.3) is 11.8 Å². The average Bonchev–Trinajstić information content (AvgIpc) is 2.47. The highest BCUT2D eigenvalue weighted by atomic mass is 35.5. The van der Waals surface area contributed by atoms with E-state index < -0.39 is 0 Å². The molecular weight excluding hydrogens is 278 g/mol. The number of halogens is 1. The van der Waals surface area contributed by atoms with Gasteiger partial charge in [-0.1, -0.05) is 6.07 Å². The molecule has 1 aromatic rings. The third-order valence-electron chi connectivity index (χ3n) is 3.25. The maximum absolute atomic E-state index is 12.1. The number of benzene rings is 1. The van der Waals surface area contributed by atoms with Crippen molar-refractivity contribution in [3.63, 3.8) is 0 Å². The molecule has 3 N–H and O–H groups in total. The first kappa shape index (κ1) is 16.5. The van der Waals surface area contributed by atoms with Crippen LogP contribution < -0.4 is 16.0 Å². The van der Waals surface area contributed by atoms with Gasteiger partial charge in [-0.3, -0.25) is 9.59 Å². The van der Waals surface area contributed by atoms with E-state index in [0.717, 1.165) is 25.9 Å². The van der Waals surface area contributed by atoms with Crippen LogP contribution in [0.5, 0.6) is 0 Å². The fraction of sp³-hybridized carbons (Fsp3) is 0.429. The molecule has 5 nitrogen and oxygen atoms in total. The van der Waals surface area contributed by atoms with Crippen LogP contribution in [0.3, 0.4) is 0 Å². The van der Waals surface area contributed by atoms with E-state index in [-0.39, 0.29) is 30.3 Å². The summed E-state index contributed by atoms with van der Waals surface area (Å²) < 4.78 is 0. The zero-order valence-electron chi connectivity index (χ0n) is 11.4. The van der Waals surface area contributed by atoms with Crippen LogP contribution in [0.2, 0.25) is 0 Å². The summed E-state index contributed by atoms with van der Waals surface area (Å²) in [4.78, 5) is 23.6. The highest BCUT2D eigenvalue weighted by Crippen LogP contribution is 2.07. The third-order valence-corrected chi connectivity index (χ3v) is 3.25. The highest BCUT2D eigenvalue weighted by molar-refractivity contribution is 5.99.